The number of hydrogen-bond donors (Lipinski definition) is 2. The van der Waals surface area contributed by atoms with Gasteiger partial charge in [0, 0.05) is 18.9 Å². The van der Waals surface area contributed by atoms with Gasteiger partial charge in [-0.05, 0) is 30.7 Å². The number of hydrogen-bond acceptors (Lipinski definition) is 4. The van der Waals surface area contributed by atoms with Gasteiger partial charge in [0.2, 0.25) is 5.91 Å². The summed E-state index contributed by atoms with van der Waals surface area (Å²) in [5.41, 5.74) is 1.02. The molecule has 132 valence electrons. The number of benzene rings is 1. The number of carbonyl (C=O) groups excluding carboxylic acids is 1. The second kappa shape index (κ2) is 8.28. The van der Waals surface area contributed by atoms with Gasteiger partial charge in [-0.25, -0.2) is 8.42 Å². The van der Waals surface area contributed by atoms with E-state index in [9.17, 15) is 18.0 Å². The molecule has 1 aromatic rings. The smallest absolute Gasteiger partial charge is 0.303 e. The molecule has 1 saturated heterocycles. The third-order valence-corrected chi connectivity index (χ3v) is 6.03. The molecule has 0 bridgehead atoms. The number of amides is 1. The monoisotopic (exact) mass is 353 g/mol. The summed E-state index contributed by atoms with van der Waals surface area (Å²) >= 11 is 0. The molecule has 1 heterocycles. The summed E-state index contributed by atoms with van der Waals surface area (Å²) in [5.74, 6) is -1.02. The van der Waals surface area contributed by atoms with Crippen LogP contribution in [0.25, 0.3) is 0 Å². The van der Waals surface area contributed by atoms with Crippen molar-refractivity contribution >= 4 is 21.7 Å². The molecule has 0 spiro atoms. The van der Waals surface area contributed by atoms with Gasteiger partial charge in [0.05, 0.1) is 11.5 Å². The van der Waals surface area contributed by atoms with E-state index in [1.54, 1.807) is 0 Å². The molecular weight excluding hydrogens is 330 g/mol. The Labute approximate surface area is 142 Å². The number of rotatable bonds is 8. The molecule has 1 fully saturated rings. The van der Waals surface area contributed by atoms with Crippen molar-refractivity contribution in [1.29, 1.82) is 0 Å². The molecule has 0 aromatic heterocycles. The lowest BCUT2D eigenvalue weighted by molar-refractivity contribution is -0.137. The lowest BCUT2D eigenvalue weighted by Gasteiger charge is -2.19. The van der Waals surface area contributed by atoms with E-state index in [1.807, 2.05) is 30.3 Å². The molecule has 1 aromatic carbocycles. The zero-order chi connectivity index (χ0) is 17.6. The van der Waals surface area contributed by atoms with Crippen LogP contribution in [0.2, 0.25) is 0 Å². The topological polar surface area (TPSA) is 101 Å². The third-order valence-electron chi connectivity index (χ3n) is 4.20. The van der Waals surface area contributed by atoms with Crippen molar-refractivity contribution < 1.29 is 23.1 Å². The van der Waals surface area contributed by atoms with Crippen molar-refractivity contribution in [3.8, 4) is 0 Å². The van der Waals surface area contributed by atoms with Gasteiger partial charge in [-0.2, -0.15) is 0 Å². The maximum Gasteiger partial charge on any atom is 0.303 e. The Kier molecular flexibility index (Phi) is 6.36. The summed E-state index contributed by atoms with van der Waals surface area (Å²) in [5, 5.41) is 11.7. The molecule has 2 rings (SSSR count). The third kappa shape index (κ3) is 6.31. The van der Waals surface area contributed by atoms with Gasteiger partial charge in [0.15, 0.2) is 9.84 Å². The molecule has 2 unspecified atom stereocenters. The first-order chi connectivity index (χ1) is 11.3. The maximum atomic E-state index is 12.2. The average molecular weight is 353 g/mol. The van der Waals surface area contributed by atoms with Crippen molar-refractivity contribution in [3.63, 3.8) is 0 Å². The SMILES string of the molecule is O=C(O)CCC(Cc1ccccc1)NC(=O)CC1CCS(=O)(=O)C1. The summed E-state index contributed by atoms with van der Waals surface area (Å²) < 4.78 is 22.9. The number of sulfone groups is 1. The summed E-state index contributed by atoms with van der Waals surface area (Å²) in [6.45, 7) is 0. The zero-order valence-corrected chi connectivity index (χ0v) is 14.3. The fourth-order valence-electron chi connectivity index (χ4n) is 3.00. The second-order valence-electron chi connectivity index (χ2n) is 6.36. The maximum absolute atomic E-state index is 12.2. The molecule has 2 atom stereocenters. The number of carboxylic acids is 1. The standard InChI is InChI=1S/C17H23NO5S/c19-16(11-14-8-9-24(22,23)12-14)18-15(6-7-17(20)21)10-13-4-2-1-3-5-13/h1-5,14-15H,6-12H2,(H,18,19)(H,20,21). The summed E-state index contributed by atoms with van der Waals surface area (Å²) in [4.78, 5) is 23.0. The van der Waals surface area contributed by atoms with E-state index in [0.29, 0.717) is 19.3 Å². The summed E-state index contributed by atoms with van der Waals surface area (Å²) in [6, 6.07) is 9.29. The number of carboxylic acid groups (broad SMARTS) is 1. The Morgan fingerprint density at radius 3 is 2.54 bits per heavy atom. The molecule has 6 nitrogen and oxygen atoms in total. The van der Waals surface area contributed by atoms with E-state index in [0.717, 1.165) is 5.56 Å². The van der Waals surface area contributed by atoms with E-state index in [-0.39, 0.29) is 42.2 Å². The minimum absolute atomic E-state index is 0.0183. The quantitative estimate of drug-likeness (QED) is 0.736. The lowest BCUT2D eigenvalue weighted by atomic mass is 10.00. The van der Waals surface area contributed by atoms with Crippen molar-refractivity contribution in [1.82, 2.24) is 5.32 Å². The number of nitrogens with one attached hydrogen (secondary N) is 1. The van der Waals surface area contributed by atoms with Crippen LogP contribution < -0.4 is 5.32 Å². The average Bonchev–Trinajstić information content (AvgIpc) is 2.84. The Hall–Kier alpha value is -1.89. The highest BCUT2D eigenvalue weighted by atomic mass is 32.2. The highest BCUT2D eigenvalue weighted by molar-refractivity contribution is 7.91. The predicted octanol–water partition coefficient (Wildman–Crippen LogP) is 1.40. The van der Waals surface area contributed by atoms with Crippen LogP contribution in [0.5, 0.6) is 0 Å². The molecule has 7 heteroatoms. The van der Waals surface area contributed by atoms with E-state index < -0.39 is 15.8 Å². The zero-order valence-electron chi connectivity index (χ0n) is 13.5. The minimum Gasteiger partial charge on any atom is -0.481 e. The van der Waals surface area contributed by atoms with Gasteiger partial charge >= 0.3 is 5.97 Å². The van der Waals surface area contributed by atoms with E-state index in [4.69, 9.17) is 5.11 Å². The molecule has 1 amide bonds. The van der Waals surface area contributed by atoms with Gasteiger partial charge in [-0.1, -0.05) is 30.3 Å². The molecule has 1 aliphatic heterocycles. The van der Waals surface area contributed by atoms with Crippen LogP contribution in [0.1, 0.15) is 31.2 Å². The van der Waals surface area contributed by atoms with Gasteiger partial charge < -0.3 is 10.4 Å². The van der Waals surface area contributed by atoms with E-state index >= 15 is 0 Å². The second-order valence-corrected chi connectivity index (χ2v) is 8.59. The Bertz CT molecular complexity index is 671. The molecule has 0 saturated carbocycles. The van der Waals surface area contributed by atoms with Crippen molar-refractivity contribution in [2.24, 2.45) is 5.92 Å². The van der Waals surface area contributed by atoms with Gasteiger partial charge in [0.25, 0.3) is 0 Å². The fourth-order valence-corrected chi connectivity index (χ4v) is 4.87. The number of carbonyl (C=O) groups is 2. The Morgan fingerprint density at radius 2 is 1.96 bits per heavy atom. The van der Waals surface area contributed by atoms with Crippen molar-refractivity contribution in [2.75, 3.05) is 11.5 Å². The van der Waals surface area contributed by atoms with Crippen LogP contribution in [0.3, 0.4) is 0 Å². The molecule has 0 aliphatic carbocycles. The van der Waals surface area contributed by atoms with Crippen LogP contribution in [-0.4, -0.2) is 42.9 Å². The van der Waals surface area contributed by atoms with Crippen LogP contribution in [0.4, 0.5) is 0 Å². The van der Waals surface area contributed by atoms with Crippen LogP contribution in [-0.2, 0) is 25.8 Å². The molecular formula is C17H23NO5S. The molecule has 0 radical (unpaired) electrons. The molecule has 1 aliphatic rings. The lowest BCUT2D eigenvalue weighted by Crippen LogP contribution is -2.37. The van der Waals surface area contributed by atoms with Gasteiger partial charge in [-0.3, -0.25) is 9.59 Å². The number of aliphatic carboxylic acids is 1. The van der Waals surface area contributed by atoms with E-state index in [1.165, 1.54) is 0 Å². The highest BCUT2D eigenvalue weighted by Gasteiger charge is 2.29. The minimum atomic E-state index is -3.00. The Balaban J connectivity index is 1.91. The predicted molar refractivity (Wildman–Crippen MR) is 90.3 cm³/mol. The van der Waals surface area contributed by atoms with Crippen molar-refractivity contribution in [3.05, 3.63) is 35.9 Å². The highest BCUT2D eigenvalue weighted by Crippen LogP contribution is 2.21. The first-order valence-corrected chi connectivity index (χ1v) is 9.92. The Morgan fingerprint density at radius 1 is 1.25 bits per heavy atom. The van der Waals surface area contributed by atoms with Crippen LogP contribution in [0, 0.1) is 5.92 Å². The van der Waals surface area contributed by atoms with Crippen LogP contribution >= 0.6 is 0 Å². The first kappa shape index (κ1) is 18.4. The van der Waals surface area contributed by atoms with Gasteiger partial charge in [-0.15, -0.1) is 0 Å². The first-order valence-electron chi connectivity index (χ1n) is 8.09. The normalized spacial score (nSPS) is 20.4. The van der Waals surface area contributed by atoms with Gasteiger partial charge in [0.1, 0.15) is 0 Å². The summed E-state index contributed by atoms with van der Waals surface area (Å²) in [6.07, 6.45) is 1.59. The van der Waals surface area contributed by atoms with Crippen LogP contribution in [0.15, 0.2) is 30.3 Å². The summed E-state index contributed by atoms with van der Waals surface area (Å²) in [7, 11) is -3.00. The molecule has 2 N–H and O–H groups in total. The molecule has 24 heavy (non-hydrogen) atoms. The van der Waals surface area contributed by atoms with Crippen molar-refractivity contribution in [2.45, 2.75) is 38.1 Å². The van der Waals surface area contributed by atoms with E-state index in [2.05, 4.69) is 5.32 Å². The fraction of sp³-hybridized carbons (Fsp3) is 0.529. The largest absolute Gasteiger partial charge is 0.481 e.